The van der Waals surface area contributed by atoms with E-state index in [1.54, 1.807) is 13.0 Å². The van der Waals surface area contributed by atoms with Crippen LogP contribution in [0, 0.1) is 17.3 Å². The summed E-state index contributed by atoms with van der Waals surface area (Å²) in [6.07, 6.45) is -4.89. The summed E-state index contributed by atoms with van der Waals surface area (Å²) in [5.41, 5.74) is -0.237. The smallest absolute Gasteiger partial charge is 0.187 e. The lowest BCUT2D eigenvalue weighted by molar-refractivity contribution is -0.326. The van der Waals surface area contributed by atoms with E-state index in [-0.39, 0.29) is 17.3 Å². The lowest BCUT2D eigenvalue weighted by Crippen LogP contribution is -2.61. The van der Waals surface area contributed by atoms with E-state index >= 15 is 0 Å². The first-order valence-corrected chi connectivity index (χ1v) is 9.50. The Kier molecular flexibility index (Phi) is 7.43. The summed E-state index contributed by atoms with van der Waals surface area (Å²) >= 11 is 0. The number of hydrogen-bond donors (Lipinski definition) is 6. The summed E-state index contributed by atoms with van der Waals surface area (Å²) in [6, 6.07) is 0. The Labute approximate surface area is 160 Å². The van der Waals surface area contributed by atoms with Crippen molar-refractivity contribution in [2.75, 3.05) is 6.61 Å². The zero-order valence-corrected chi connectivity index (χ0v) is 16.3. The molecule has 8 heteroatoms. The second-order valence-electron chi connectivity index (χ2n) is 8.57. The van der Waals surface area contributed by atoms with Gasteiger partial charge in [0.1, 0.15) is 24.4 Å². The number of allylic oxidation sites excluding steroid dienone is 1. The average Bonchev–Trinajstić information content (AvgIpc) is 2.57. The topological polar surface area (TPSA) is 140 Å². The zero-order valence-electron chi connectivity index (χ0n) is 16.3. The minimum Gasteiger partial charge on any atom is -0.394 e. The largest absolute Gasteiger partial charge is 0.394 e. The highest BCUT2D eigenvalue weighted by atomic mass is 16.7. The highest BCUT2D eigenvalue weighted by Crippen LogP contribution is 2.46. The lowest BCUT2D eigenvalue weighted by Gasteiger charge is -2.50. The van der Waals surface area contributed by atoms with Gasteiger partial charge in [-0.1, -0.05) is 32.9 Å². The van der Waals surface area contributed by atoms with Crippen molar-refractivity contribution in [3.63, 3.8) is 0 Å². The van der Waals surface area contributed by atoms with Crippen LogP contribution in [0.15, 0.2) is 12.2 Å². The van der Waals surface area contributed by atoms with Gasteiger partial charge in [-0.05, 0) is 30.6 Å². The number of rotatable bonds is 5. The van der Waals surface area contributed by atoms with Crippen molar-refractivity contribution in [3.8, 4) is 0 Å². The second-order valence-corrected chi connectivity index (χ2v) is 8.57. The number of ether oxygens (including phenoxy) is 2. The summed E-state index contributed by atoms with van der Waals surface area (Å²) in [7, 11) is 0. The van der Waals surface area contributed by atoms with Crippen LogP contribution >= 0.6 is 0 Å². The molecule has 158 valence electrons. The molecule has 0 bridgehead atoms. The van der Waals surface area contributed by atoms with Crippen LogP contribution in [0.5, 0.6) is 0 Å². The van der Waals surface area contributed by atoms with Crippen LogP contribution in [-0.2, 0) is 9.47 Å². The van der Waals surface area contributed by atoms with Crippen molar-refractivity contribution in [2.45, 2.75) is 83.1 Å². The van der Waals surface area contributed by atoms with Crippen molar-refractivity contribution in [1.82, 2.24) is 0 Å². The third-order valence-electron chi connectivity index (χ3n) is 5.84. The molecule has 2 fully saturated rings. The highest BCUT2D eigenvalue weighted by Gasteiger charge is 2.50. The van der Waals surface area contributed by atoms with E-state index in [0.29, 0.717) is 6.42 Å². The van der Waals surface area contributed by atoms with E-state index in [1.165, 1.54) is 0 Å². The van der Waals surface area contributed by atoms with E-state index in [2.05, 4.69) is 0 Å². The van der Waals surface area contributed by atoms with Crippen molar-refractivity contribution in [3.05, 3.63) is 12.2 Å². The quantitative estimate of drug-likeness (QED) is 0.334. The maximum absolute atomic E-state index is 10.6. The summed E-state index contributed by atoms with van der Waals surface area (Å²) in [5.74, 6) is -0.184. The van der Waals surface area contributed by atoms with Crippen molar-refractivity contribution in [2.24, 2.45) is 17.3 Å². The summed E-state index contributed by atoms with van der Waals surface area (Å²) in [5, 5.41) is 59.5. The molecule has 2 rings (SSSR count). The molecule has 8 nitrogen and oxygen atoms in total. The molecular weight excluding hydrogens is 356 g/mol. The van der Waals surface area contributed by atoms with Gasteiger partial charge in [-0.15, -0.1) is 0 Å². The molecular formula is C19H34O8. The molecule has 1 aliphatic carbocycles. The monoisotopic (exact) mass is 390 g/mol. The zero-order chi connectivity index (χ0) is 20.5. The predicted molar refractivity (Wildman–Crippen MR) is 96.5 cm³/mol. The van der Waals surface area contributed by atoms with Crippen molar-refractivity contribution in [1.29, 1.82) is 0 Å². The van der Waals surface area contributed by atoms with Crippen LogP contribution < -0.4 is 0 Å². The standard InChI is InChI=1S/C19H34O8/c1-9(21)5-6-11-10(2)17(12(22)7-19(11,3)4)27-18-16(25)15(24)14(23)13(8-20)26-18/h5-6,9-18,20-25H,7-8H2,1-4H3/b6-5+/t9-,10+,11-,12+,13-,14-,15+,16-,17-,18+/m1/s1. The van der Waals surface area contributed by atoms with Gasteiger partial charge in [0.2, 0.25) is 0 Å². The number of aliphatic hydroxyl groups excluding tert-OH is 6. The fourth-order valence-electron chi connectivity index (χ4n) is 4.32. The molecule has 2 aliphatic rings. The fraction of sp³-hybridized carbons (Fsp3) is 0.895. The van der Waals surface area contributed by atoms with E-state index in [4.69, 9.17) is 9.47 Å². The molecule has 6 N–H and O–H groups in total. The minimum atomic E-state index is -1.53. The first kappa shape index (κ1) is 22.7. The maximum Gasteiger partial charge on any atom is 0.187 e. The lowest BCUT2D eigenvalue weighted by atomic mass is 9.62. The molecule has 0 aromatic carbocycles. The highest BCUT2D eigenvalue weighted by molar-refractivity contribution is 5.06. The van der Waals surface area contributed by atoms with Crippen molar-refractivity contribution >= 4 is 0 Å². The van der Waals surface area contributed by atoms with Gasteiger partial charge in [0.25, 0.3) is 0 Å². The Balaban J connectivity index is 2.18. The molecule has 0 spiro atoms. The van der Waals surface area contributed by atoms with Crippen LogP contribution in [-0.4, -0.2) is 86.3 Å². The van der Waals surface area contributed by atoms with Gasteiger partial charge in [0.15, 0.2) is 6.29 Å². The molecule has 27 heavy (non-hydrogen) atoms. The fourth-order valence-corrected chi connectivity index (χ4v) is 4.32. The Morgan fingerprint density at radius 2 is 1.78 bits per heavy atom. The molecule has 10 atom stereocenters. The van der Waals surface area contributed by atoms with E-state index in [1.807, 2.05) is 26.8 Å². The van der Waals surface area contributed by atoms with Crippen LogP contribution in [0.3, 0.4) is 0 Å². The molecule has 1 aliphatic heterocycles. The molecule has 1 saturated carbocycles. The van der Waals surface area contributed by atoms with Crippen LogP contribution in [0.2, 0.25) is 0 Å². The average molecular weight is 390 g/mol. The minimum absolute atomic E-state index is 0.00890. The summed E-state index contributed by atoms with van der Waals surface area (Å²) in [6.45, 7) is 7.10. The van der Waals surface area contributed by atoms with Gasteiger partial charge in [-0.2, -0.15) is 0 Å². The van der Waals surface area contributed by atoms with Gasteiger partial charge in [0.05, 0.1) is 24.9 Å². The van der Waals surface area contributed by atoms with Crippen molar-refractivity contribution < 1.29 is 40.1 Å². The third-order valence-corrected chi connectivity index (χ3v) is 5.84. The first-order chi connectivity index (χ1) is 12.5. The molecule has 1 saturated heterocycles. The van der Waals surface area contributed by atoms with Crippen LogP contribution in [0.4, 0.5) is 0 Å². The summed E-state index contributed by atoms with van der Waals surface area (Å²) in [4.78, 5) is 0. The molecule has 0 aromatic rings. The molecule has 0 aromatic heterocycles. The SMILES string of the molecule is C[C@@H]1[C@@H](O[C@@H]2O[C@H](CO)[C@@H](O)[C@H](O)[C@H]2O)[C@@H](O)CC(C)(C)[C@@H]1/C=C/[C@@H](C)O. The third kappa shape index (κ3) is 4.89. The maximum atomic E-state index is 10.6. The Morgan fingerprint density at radius 1 is 1.15 bits per heavy atom. The van der Waals surface area contributed by atoms with Crippen LogP contribution in [0.25, 0.3) is 0 Å². The normalized spacial score (nSPS) is 46.5. The Hall–Kier alpha value is -0.580. The molecule has 0 unspecified atom stereocenters. The Bertz CT molecular complexity index is 506. The van der Waals surface area contributed by atoms with Gasteiger partial charge < -0.3 is 40.1 Å². The molecule has 0 radical (unpaired) electrons. The van der Waals surface area contributed by atoms with Gasteiger partial charge >= 0.3 is 0 Å². The summed E-state index contributed by atoms with van der Waals surface area (Å²) < 4.78 is 11.3. The van der Waals surface area contributed by atoms with E-state index in [9.17, 15) is 30.6 Å². The molecule has 0 amide bonds. The predicted octanol–water partition coefficient (Wildman–Crippen LogP) is -0.848. The van der Waals surface area contributed by atoms with E-state index < -0.39 is 55.6 Å². The molecule has 1 heterocycles. The van der Waals surface area contributed by atoms with Crippen LogP contribution in [0.1, 0.15) is 34.1 Å². The van der Waals surface area contributed by atoms with Gasteiger partial charge in [-0.25, -0.2) is 0 Å². The van der Waals surface area contributed by atoms with Gasteiger partial charge in [-0.3, -0.25) is 0 Å². The Morgan fingerprint density at radius 3 is 2.33 bits per heavy atom. The van der Waals surface area contributed by atoms with E-state index in [0.717, 1.165) is 0 Å². The first-order valence-electron chi connectivity index (χ1n) is 9.50. The second kappa shape index (κ2) is 8.84. The number of aliphatic hydroxyl groups is 6. The number of hydrogen-bond acceptors (Lipinski definition) is 8. The van der Waals surface area contributed by atoms with Gasteiger partial charge in [0, 0.05) is 0 Å².